The molecule has 1 atom stereocenters. The average Bonchev–Trinajstić information content (AvgIpc) is 3.29. The van der Waals surface area contributed by atoms with E-state index in [0.717, 1.165) is 10.9 Å². The number of hydrogen-bond donors (Lipinski definition) is 1. The number of benzene rings is 2. The number of fused-ring (bicyclic) bond motifs is 1. The van der Waals surface area contributed by atoms with Crippen LogP contribution >= 0.6 is 0 Å². The van der Waals surface area contributed by atoms with Crippen LogP contribution in [-0.4, -0.2) is 34.4 Å². The lowest BCUT2D eigenvalue weighted by Gasteiger charge is -2.18. The second-order valence-corrected chi connectivity index (χ2v) is 6.91. The van der Waals surface area contributed by atoms with Crippen LogP contribution in [0, 0.1) is 11.7 Å². The van der Waals surface area contributed by atoms with Gasteiger partial charge in [0.1, 0.15) is 11.5 Å². The van der Waals surface area contributed by atoms with Crippen LogP contribution in [0.1, 0.15) is 22.5 Å². The van der Waals surface area contributed by atoms with Crippen molar-refractivity contribution < 1.29 is 14.0 Å². The van der Waals surface area contributed by atoms with Gasteiger partial charge in [-0.25, -0.2) is 4.39 Å². The lowest BCUT2D eigenvalue weighted by molar-refractivity contribution is -0.121. The number of nitrogens with two attached hydrogens (primary N) is 1. The summed E-state index contributed by atoms with van der Waals surface area (Å²) in [4.78, 5) is 26.2. The Morgan fingerprint density at radius 2 is 1.85 bits per heavy atom. The van der Waals surface area contributed by atoms with Crippen molar-refractivity contribution in [3.8, 4) is 0 Å². The molecule has 0 radical (unpaired) electrons. The highest BCUT2D eigenvalue weighted by molar-refractivity contribution is 5.99. The molecule has 0 unspecified atom stereocenters. The first-order valence-electron chi connectivity index (χ1n) is 8.95. The monoisotopic (exact) mass is 365 g/mol. The van der Waals surface area contributed by atoms with Gasteiger partial charge >= 0.3 is 0 Å². The van der Waals surface area contributed by atoms with E-state index < -0.39 is 0 Å². The van der Waals surface area contributed by atoms with E-state index >= 15 is 0 Å². The summed E-state index contributed by atoms with van der Waals surface area (Å²) < 4.78 is 16.0. The van der Waals surface area contributed by atoms with E-state index in [2.05, 4.69) is 0 Å². The molecule has 27 heavy (non-hydrogen) atoms. The molecule has 1 aromatic heterocycles. The summed E-state index contributed by atoms with van der Waals surface area (Å²) in [6.45, 7) is 1.08. The van der Waals surface area contributed by atoms with E-state index in [1.165, 1.54) is 6.07 Å². The molecule has 0 aliphatic carbocycles. The van der Waals surface area contributed by atoms with Gasteiger partial charge in [-0.15, -0.1) is 0 Å². The van der Waals surface area contributed by atoms with Crippen molar-refractivity contribution >= 4 is 22.7 Å². The Hall–Kier alpha value is -3.15. The lowest BCUT2D eigenvalue weighted by atomic mass is 10.1. The number of para-hydroxylation sites is 1. The molecule has 2 amide bonds. The molecule has 3 aromatic rings. The first-order chi connectivity index (χ1) is 13.0. The minimum atomic E-state index is -0.378. The minimum absolute atomic E-state index is 0.161. The van der Waals surface area contributed by atoms with Crippen molar-refractivity contribution in [1.29, 1.82) is 0 Å². The third kappa shape index (κ3) is 3.18. The number of carbonyl (C=O) groups is 2. The van der Waals surface area contributed by atoms with E-state index in [4.69, 9.17) is 5.73 Å². The molecule has 2 heterocycles. The fourth-order valence-corrected chi connectivity index (χ4v) is 3.69. The second kappa shape index (κ2) is 6.87. The van der Waals surface area contributed by atoms with Gasteiger partial charge in [-0.05, 0) is 24.6 Å². The van der Waals surface area contributed by atoms with Gasteiger partial charge in [0.15, 0.2) is 0 Å². The third-order valence-corrected chi connectivity index (χ3v) is 5.19. The number of aromatic nitrogens is 1. The minimum Gasteiger partial charge on any atom is -0.369 e. The summed E-state index contributed by atoms with van der Waals surface area (Å²) in [6.07, 6.45) is 0.578. The van der Waals surface area contributed by atoms with E-state index in [1.807, 2.05) is 34.9 Å². The van der Waals surface area contributed by atoms with Crippen molar-refractivity contribution in [2.45, 2.75) is 13.0 Å². The van der Waals surface area contributed by atoms with Crippen molar-refractivity contribution in [2.75, 3.05) is 13.1 Å². The lowest BCUT2D eigenvalue weighted by Crippen LogP contribution is -2.33. The number of amides is 2. The smallest absolute Gasteiger partial charge is 0.270 e. The molecule has 0 spiro atoms. The maximum atomic E-state index is 14.2. The Labute approximate surface area is 156 Å². The van der Waals surface area contributed by atoms with Crippen LogP contribution in [0.5, 0.6) is 0 Å². The van der Waals surface area contributed by atoms with Crippen molar-refractivity contribution in [3.05, 3.63) is 71.7 Å². The molecule has 0 bridgehead atoms. The predicted molar refractivity (Wildman–Crippen MR) is 101 cm³/mol. The molecular formula is C21H20FN3O2. The van der Waals surface area contributed by atoms with Crippen LogP contribution < -0.4 is 5.73 Å². The van der Waals surface area contributed by atoms with Gasteiger partial charge in [0.25, 0.3) is 5.91 Å². The molecule has 1 aliphatic heterocycles. The van der Waals surface area contributed by atoms with Gasteiger partial charge in [-0.1, -0.05) is 36.4 Å². The number of likely N-dealkylation sites (tertiary alicyclic amines) is 1. The van der Waals surface area contributed by atoms with Crippen LogP contribution in [0.4, 0.5) is 4.39 Å². The van der Waals surface area contributed by atoms with E-state index in [1.54, 1.807) is 23.1 Å². The molecule has 1 saturated heterocycles. The predicted octanol–water partition coefficient (Wildman–Crippen LogP) is 2.78. The Morgan fingerprint density at radius 1 is 1.11 bits per heavy atom. The van der Waals surface area contributed by atoms with Crippen LogP contribution in [0.25, 0.3) is 10.9 Å². The van der Waals surface area contributed by atoms with Gasteiger partial charge in [0.05, 0.1) is 12.5 Å². The quantitative estimate of drug-likeness (QED) is 0.772. The van der Waals surface area contributed by atoms with Gasteiger partial charge in [0, 0.05) is 29.6 Å². The standard InChI is InChI=1S/C21H20FN3O2/c22-17-7-3-1-6-15(17)13-25-18-8-4-2-5-14(18)11-19(25)21(27)24-10-9-16(12-24)20(23)26/h1-8,11,16H,9-10,12-13H2,(H2,23,26)/t16-/m0/s1. The molecule has 0 saturated carbocycles. The molecule has 4 rings (SSSR count). The fraction of sp³-hybridized carbons (Fsp3) is 0.238. The van der Waals surface area contributed by atoms with E-state index in [-0.39, 0.29) is 30.1 Å². The Balaban J connectivity index is 1.73. The molecule has 2 N–H and O–H groups in total. The number of hydrogen-bond acceptors (Lipinski definition) is 2. The van der Waals surface area contributed by atoms with Gasteiger partial charge in [-0.2, -0.15) is 0 Å². The zero-order valence-corrected chi connectivity index (χ0v) is 14.8. The second-order valence-electron chi connectivity index (χ2n) is 6.91. The number of nitrogens with zero attached hydrogens (tertiary/aromatic N) is 2. The summed E-state index contributed by atoms with van der Waals surface area (Å²) in [7, 11) is 0. The normalized spacial score (nSPS) is 16.8. The first-order valence-corrected chi connectivity index (χ1v) is 8.95. The van der Waals surface area contributed by atoms with Crippen LogP contribution in [-0.2, 0) is 11.3 Å². The molecule has 1 aliphatic rings. The molecule has 2 aromatic carbocycles. The highest BCUT2D eigenvalue weighted by Crippen LogP contribution is 2.25. The number of primary amides is 1. The third-order valence-electron chi connectivity index (χ3n) is 5.19. The van der Waals surface area contributed by atoms with Gasteiger partial charge in [0.2, 0.25) is 5.91 Å². The van der Waals surface area contributed by atoms with Crippen LogP contribution in [0.3, 0.4) is 0 Å². The number of rotatable bonds is 4. The van der Waals surface area contributed by atoms with E-state index in [0.29, 0.717) is 30.8 Å². The molecule has 138 valence electrons. The number of carbonyl (C=O) groups excluding carboxylic acids is 2. The zero-order chi connectivity index (χ0) is 19.0. The largest absolute Gasteiger partial charge is 0.369 e. The maximum Gasteiger partial charge on any atom is 0.270 e. The topological polar surface area (TPSA) is 68.3 Å². The molecular weight excluding hydrogens is 345 g/mol. The first kappa shape index (κ1) is 17.3. The summed E-state index contributed by atoms with van der Waals surface area (Å²) >= 11 is 0. The van der Waals surface area contributed by atoms with Crippen molar-refractivity contribution in [3.63, 3.8) is 0 Å². The van der Waals surface area contributed by atoms with Crippen molar-refractivity contribution in [2.24, 2.45) is 11.7 Å². The summed E-state index contributed by atoms with van der Waals surface area (Å²) in [5, 5.41) is 0.919. The Morgan fingerprint density at radius 3 is 2.59 bits per heavy atom. The Bertz CT molecular complexity index is 1030. The highest BCUT2D eigenvalue weighted by Gasteiger charge is 2.31. The summed E-state index contributed by atoms with van der Waals surface area (Å²) in [6, 6.07) is 16.0. The Kier molecular flexibility index (Phi) is 4.39. The number of halogens is 1. The average molecular weight is 365 g/mol. The summed E-state index contributed by atoms with van der Waals surface area (Å²) in [5.74, 6) is -1.15. The van der Waals surface area contributed by atoms with Gasteiger partial charge in [-0.3, -0.25) is 9.59 Å². The van der Waals surface area contributed by atoms with Crippen LogP contribution in [0.15, 0.2) is 54.6 Å². The highest BCUT2D eigenvalue weighted by atomic mass is 19.1. The van der Waals surface area contributed by atoms with E-state index in [9.17, 15) is 14.0 Å². The molecule has 1 fully saturated rings. The van der Waals surface area contributed by atoms with Gasteiger partial charge < -0.3 is 15.2 Å². The summed E-state index contributed by atoms with van der Waals surface area (Å²) in [5.41, 5.74) is 7.26. The zero-order valence-electron chi connectivity index (χ0n) is 14.8. The SMILES string of the molecule is NC(=O)[C@H]1CCN(C(=O)c2cc3ccccc3n2Cc2ccccc2F)C1. The fourth-order valence-electron chi connectivity index (χ4n) is 3.69. The van der Waals surface area contributed by atoms with Crippen molar-refractivity contribution in [1.82, 2.24) is 9.47 Å². The maximum absolute atomic E-state index is 14.2. The molecule has 6 heteroatoms. The van der Waals surface area contributed by atoms with Crippen LogP contribution in [0.2, 0.25) is 0 Å². The molecule has 5 nitrogen and oxygen atoms in total.